The highest BCUT2D eigenvalue weighted by atomic mass is 16.2. The summed E-state index contributed by atoms with van der Waals surface area (Å²) >= 11 is 0. The van der Waals surface area contributed by atoms with Crippen LogP contribution >= 0.6 is 0 Å². The zero-order chi connectivity index (χ0) is 10.6. The number of rotatable bonds is 4. The van der Waals surface area contributed by atoms with Crippen molar-refractivity contribution in [3.05, 3.63) is 0 Å². The van der Waals surface area contributed by atoms with Crippen LogP contribution in [0.25, 0.3) is 0 Å². The van der Waals surface area contributed by atoms with Crippen LogP contribution in [0.3, 0.4) is 0 Å². The second-order valence-corrected chi connectivity index (χ2v) is 4.73. The first-order chi connectivity index (χ1) is 6.55. The van der Waals surface area contributed by atoms with Gasteiger partial charge in [-0.2, -0.15) is 0 Å². The molecule has 1 aliphatic carbocycles. The summed E-state index contributed by atoms with van der Waals surface area (Å²) in [6.07, 6.45) is 5.56. The van der Waals surface area contributed by atoms with Crippen LogP contribution in [0.2, 0.25) is 0 Å². The number of carbonyl (C=O) groups excluding carboxylic acids is 2. The van der Waals surface area contributed by atoms with Gasteiger partial charge in [-0.3, -0.25) is 4.79 Å². The Kier molecular flexibility index (Phi) is 3.67. The molecule has 0 atom stereocenters. The molecule has 0 aromatic carbocycles. The molecule has 0 aliphatic heterocycles. The fourth-order valence-corrected chi connectivity index (χ4v) is 1.88. The minimum atomic E-state index is -0.387. The van der Waals surface area contributed by atoms with Crippen LogP contribution in [0, 0.1) is 5.92 Å². The monoisotopic (exact) mass is 197 g/mol. The number of hydrogen-bond donors (Lipinski definition) is 1. The first-order valence-corrected chi connectivity index (χ1v) is 5.31. The lowest BCUT2D eigenvalue weighted by atomic mass is 9.99. The van der Waals surface area contributed by atoms with Gasteiger partial charge in [0.05, 0.1) is 0 Å². The van der Waals surface area contributed by atoms with E-state index in [0.29, 0.717) is 6.42 Å². The van der Waals surface area contributed by atoms with Crippen LogP contribution in [-0.2, 0) is 9.59 Å². The summed E-state index contributed by atoms with van der Waals surface area (Å²) in [4.78, 5) is 22.1. The maximum atomic E-state index is 11.7. The third-order valence-corrected chi connectivity index (χ3v) is 2.78. The molecule has 0 bridgehead atoms. The molecule has 0 unspecified atom stereocenters. The molecular formula is C11H19NO2. The summed E-state index contributed by atoms with van der Waals surface area (Å²) in [6.45, 7) is 3.77. The van der Waals surface area contributed by atoms with Crippen LogP contribution in [0.1, 0.15) is 46.0 Å². The van der Waals surface area contributed by atoms with Crippen molar-refractivity contribution in [2.75, 3.05) is 0 Å². The Bertz CT molecular complexity index is 217. The normalized spacial score (nSPS) is 18.1. The SMILES string of the molecule is CC(C)(CC=O)NC(=O)C1CCCC1. The molecule has 0 saturated heterocycles. The van der Waals surface area contributed by atoms with Gasteiger partial charge in [0.1, 0.15) is 6.29 Å². The van der Waals surface area contributed by atoms with E-state index in [2.05, 4.69) is 5.32 Å². The fraction of sp³-hybridized carbons (Fsp3) is 0.818. The number of nitrogens with one attached hydrogen (secondary N) is 1. The fourth-order valence-electron chi connectivity index (χ4n) is 1.88. The van der Waals surface area contributed by atoms with Gasteiger partial charge in [-0.05, 0) is 26.7 Å². The molecule has 0 heterocycles. The van der Waals surface area contributed by atoms with Gasteiger partial charge in [0, 0.05) is 17.9 Å². The minimum absolute atomic E-state index is 0.120. The second-order valence-electron chi connectivity index (χ2n) is 4.73. The van der Waals surface area contributed by atoms with E-state index in [1.165, 1.54) is 0 Å². The van der Waals surface area contributed by atoms with Crippen molar-refractivity contribution in [3.8, 4) is 0 Å². The highest BCUT2D eigenvalue weighted by molar-refractivity contribution is 5.80. The molecule has 0 aromatic heterocycles. The van der Waals surface area contributed by atoms with E-state index in [1.54, 1.807) is 0 Å². The van der Waals surface area contributed by atoms with Crippen molar-refractivity contribution >= 4 is 12.2 Å². The number of carbonyl (C=O) groups is 2. The molecule has 1 N–H and O–H groups in total. The van der Waals surface area contributed by atoms with E-state index in [1.807, 2.05) is 13.8 Å². The lowest BCUT2D eigenvalue weighted by Gasteiger charge is -2.25. The largest absolute Gasteiger partial charge is 0.351 e. The van der Waals surface area contributed by atoms with Gasteiger partial charge in [-0.25, -0.2) is 0 Å². The zero-order valence-electron chi connectivity index (χ0n) is 9.01. The maximum Gasteiger partial charge on any atom is 0.223 e. The van der Waals surface area contributed by atoms with E-state index >= 15 is 0 Å². The van der Waals surface area contributed by atoms with Crippen LogP contribution in [0.4, 0.5) is 0 Å². The summed E-state index contributed by atoms with van der Waals surface area (Å²) in [5.41, 5.74) is -0.387. The van der Waals surface area contributed by atoms with Crippen molar-refractivity contribution in [2.45, 2.75) is 51.5 Å². The van der Waals surface area contributed by atoms with Crippen molar-refractivity contribution in [1.29, 1.82) is 0 Å². The summed E-state index contributed by atoms with van der Waals surface area (Å²) in [6, 6.07) is 0. The Labute approximate surface area is 85.3 Å². The molecule has 14 heavy (non-hydrogen) atoms. The molecule has 1 saturated carbocycles. The highest BCUT2D eigenvalue weighted by Gasteiger charge is 2.27. The van der Waals surface area contributed by atoms with E-state index < -0.39 is 0 Å². The lowest BCUT2D eigenvalue weighted by molar-refractivity contribution is -0.126. The van der Waals surface area contributed by atoms with Crippen molar-refractivity contribution < 1.29 is 9.59 Å². The van der Waals surface area contributed by atoms with Crippen molar-refractivity contribution in [2.24, 2.45) is 5.92 Å². The average molecular weight is 197 g/mol. The Balaban J connectivity index is 2.42. The van der Waals surface area contributed by atoms with E-state index in [9.17, 15) is 9.59 Å². The standard InChI is InChI=1S/C11H19NO2/c1-11(2,7-8-13)12-10(14)9-5-3-4-6-9/h8-9H,3-7H2,1-2H3,(H,12,14). The first-order valence-electron chi connectivity index (χ1n) is 5.31. The molecule has 3 heteroatoms. The summed E-state index contributed by atoms with van der Waals surface area (Å²) in [5.74, 6) is 0.301. The average Bonchev–Trinajstić information content (AvgIpc) is 2.53. The Hall–Kier alpha value is -0.860. The quantitative estimate of drug-likeness (QED) is 0.697. The Morgan fingerprint density at radius 1 is 1.43 bits per heavy atom. The smallest absolute Gasteiger partial charge is 0.223 e. The van der Waals surface area contributed by atoms with Crippen LogP contribution < -0.4 is 5.32 Å². The first kappa shape index (κ1) is 11.2. The Morgan fingerprint density at radius 3 is 2.50 bits per heavy atom. The molecule has 1 amide bonds. The van der Waals surface area contributed by atoms with Gasteiger partial charge in [0.15, 0.2) is 0 Å². The summed E-state index contributed by atoms with van der Waals surface area (Å²) < 4.78 is 0. The molecule has 80 valence electrons. The van der Waals surface area contributed by atoms with Gasteiger partial charge in [-0.15, -0.1) is 0 Å². The number of amides is 1. The molecule has 3 nitrogen and oxygen atoms in total. The van der Waals surface area contributed by atoms with Crippen molar-refractivity contribution in [1.82, 2.24) is 5.32 Å². The molecule has 0 aromatic rings. The van der Waals surface area contributed by atoms with Crippen LogP contribution in [-0.4, -0.2) is 17.7 Å². The highest BCUT2D eigenvalue weighted by Crippen LogP contribution is 2.25. The lowest BCUT2D eigenvalue weighted by Crippen LogP contribution is -2.45. The molecule has 1 rings (SSSR count). The van der Waals surface area contributed by atoms with Gasteiger partial charge < -0.3 is 10.1 Å². The molecule has 1 aliphatic rings. The van der Waals surface area contributed by atoms with Gasteiger partial charge in [0.2, 0.25) is 5.91 Å². The van der Waals surface area contributed by atoms with E-state index in [4.69, 9.17) is 0 Å². The molecule has 0 radical (unpaired) electrons. The third-order valence-electron chi connectivity index (χ3n) is 2.78. The molecular weight excluding hydrogens is 178 g/mol. The van der Waals surface area contributed by atoms with Crippen molar-refractivity contribution in [3.63, 3.8) is 0 Å². The van der Waals surface area contributed by atoms with Crippen LogP contribution in [0.5, 0.6) is 0 Å². The molecule has 0 spiro atoms. The predicted octanol–water partition coefficient (Wildman–Crippen LogP) is 1.66. The topological polar surface area (TPSA) is 46.2 Å². The van der Waals surface area contributed by atoms with Gasteiger partial charge in [-0.1, -0.05) is 12.8 Å². The third kappa shape index (κ3) is 3.13. The molecule has 1 fully saturated rings. The predicted molar refractivity (Wildman–Crippen MR) is 54.9 cm³/mol. The number of aldehydes is 1. The van der Waals surface area contributed by atoms with Gasteiger partial charge >= 0.3 is 0 Å². The van der Waals surface area contributed by atoms with Gasteiger partial charge in [0.25, 0.3) is 0 Å². The Morgan fingerprint density at radius 2 is 2.00 bits per heavy atom. The minimum Gasteiger partial charge on any atom is -0.351 e. The second kappa shape index (κ2) is 4.58. The van der Waals surface area contributed by atoms with Crippen LogP contribution in [0.15, 0.2) is 0 Å². The van der Waals surface area contributed by atoms with E-state index in [0.717, 1.165) is 32.0 Å². The summed E-state index contributed by atoms with van der Waals surface area (Å²) in [5, 5.41) is 2.93. The van der Waals surface area contributed by atoms with E-state index in [-0.39, 0.29) is 17.4 Å². The zero-order valence-corrected chi connectivity index (χ0v) is 9.01. The summed E-state index contributed by atoms with van der Waals surface area (Å²) in [7, 11) is 0. The number of hydrogen-bond acceptors (Lipinski definition) is 2. The maximum absolute atomic E-state index is 11.7.